The fraction of sp³-hybridized carbons (Fsp3) is 0.556. The van der Waals surface area contributed by atoms with Crippen molar-refractivity contribution in [2.24, 2.45) is 0 Å². The Kier molecular flexibility index (Phi) is 5.41. The van der Waals surface area contributed by atoms with Crippen LogP contribution in [0.25, 0.3) is 11.5 Å². The molecular weight excluding hydrogens is 288 g/mol. The minimum absolute atomic E-state index is 0.145. The summed E-state index contributed by atoms with van der Waals surface area (Å²) < 4.78 is 2.17. The zero-order chi connectivity index (χ0) is 16.1. The molecule has 1 fully saturated rings. The monoisotopic (exact) mass is 314 g/mol. The molecule has 0 saturated carbocycles. The van der Waals surface area contributed by atoms with E-state index >= 15 is 0 Å². The number of nitrogens with zero attached hydrogens (tertiary/aromatic N) is 4. The quantitative estimate of drug-likeness (QED) is 0.889. The highest BCUT2D eigenvalue weighted by Crippen LogP contribution is 2.16. The van der Waals surface area contributed by atoms with Gasteiger partial charge < -0.3 is 14.6 Å². The van der Waals surface area contributed by atoms with Crippen LogP contribution in [-0.2, 0) is 13.0 Å². The van der Waals surface area contributed by atoms with Gasteiger partial charge in [-0.1, -0.05) is 13.0 Å². The number of piperidine rings is 1. The van der Waals surface area contributed by atoms with Gasteiger partial charge in [0.1, 0.15) is 5.69 Å². The predicted octanol–water partition coefficient (Wildman–Crippen LogP) is 2.35. The molecule has 0 bridgehead atoms. The minimum atomic E-state index is -0.145. The summed E-state index contributed by atoms with van der Waals surface area (Å²) in [5.41, 5.74) is 2.18. The number of aryl methyl sites for hydroxylation is 2. The number of likely N-dealkylation sites (tertiary alicyclic amines) is 1. The van der Waals surface area contributed by atoms with Gasteiger partial charge in [-0.05, 0) is 50.4 Å². The van der Waals surface area contributed by atoms with Gasteiger partial charge in [0.05, 0.1) is 6.10 Å². The molecule has 0 aromatic carbocycles. The second-order valence-corrected chi connectivity index (χ2v) is 6.30. The predicted molar refractivity (Wildman–Crippen MR) is 91.1 cm³/mol. The molecule has 1 unspecified atom stereocenters. The van der Waals surface area contributed by atoms with E-state index in [0.717, 1.165) is 63.4 Å². The van der Waals surface area contributed by atoms with E-state index in [1.165, 1.54) is 5.56 Å². The van der Waals surface area contributed by atoms with Crippen LogP contribution in [-0.4, -0.2) is 50.3 Å². The molecule has 3 heterocycles. The van der Waals surface area contributed by atoms with Gasteiger partial charge in [-0.3, -0.25) is 4.98 Å². The van der Waals surface area contributed by atoms with Gasteiger partial charge in [0.25, 0.3) is 0 Å². The summed E-state index contributed by atoms with van der Waals surface area (Å²) in [6.45, 7) is 6.01. The Morgan fingerprint density at radius 1 is 1.26 bits per heavy atom. The Morgan fingerprint density at radius 3 is 2.91 bits per heavy atom. The van der Waals surface area contributed by atoms with Crippen molar-refractivity contribution in [3.05, 3.63) is 36.3 Å². The maximum Gasteiger partial charge on any atom is 0.158 e. The fourth-order valence-corrected chi connectivity index (χ4v) is 3.19. The van der Waals surface area contributed by atoms with Crippen LogP contribution in [0, 0.1) is 0 Å². The van der Waals surface area contributed by atoms with Crippen LogP contribution >= 0.6 is 0 Å². The number of aromatic nitrogens is 3. The summed E-state index contributed by atoms with van der Waals surface area (Å²) in [5.74, 6) is 0.936. The minimum Gasteiger partial charge on any atom is -0.392 e. The van der Waals surface area contributed by atoms with Crippen LogP contribution in [0.15, 0.2) is 30.7 Å². The van der Waals surface area contributed by atoms with Gasteiger partial charge in [0, 0.05) is 31.7 Å². The second-order valence-electron chi connectivity index (χ2n) is 6.30. The number of aliphatic hydroxyl groups excluding tert-OH is 1. The number of β-amino-alcohol motifs (C(OH)–C–C–N with tert-alkyl or cyclic N) is 1. The number of pyridine rings is 1. The van der Waals surface area contributed by atoms with Crippen molar-refractivity contribution in [2.45, 2.75) is 45.3 Å². The van der Waals surface area contributed by atoms with Gasteiger partial charge >= 0.3 is 0 Å². The van der Waals surface area contributed by atoms with Crippen LogP contribution in [0.1, 0.15) is 31.7 Å². The first-order valence-electron chi connectivity index (χ1n) is 8.63. The lowest BCUT2D eigenvalue weighted by atomic mass is 10.1. The number of rotatable bonds is 6. The van der Waals surface area contributed by atoms with E-state index in [9.17, 15) is 5.11 Å². The summed E-state index contributed by atoms with van der Waals surface area (Å²) in [6, 6.07) is 4.18. The first-order valence-corrected chi connectivity index (χ1v) is 8.63. The van der Waals surface area contributed by atoms with Gasteiger partial charge in [-0.25, -0.2) is 4.98 Å². The normalized spacial score (nSPS) is 19.1. The summed E-state index contributed by atoms with van der Waals surface area (Å²) in [7, 11) is 0. The van der Waals surface area contributed by atoms with Crippen molar-refractivity contribution >= 4 is 0 Å². The van der Waals surface area contributed by atoms with Crippen LogP contribution in [0.5, 0.6) is 0 Å². The van der Waals surface area contributed by atoms with Crippen molar-refractivity contribution in [1.29, 1.82) is 0 Å². The molecule has 1 atom stereocenters. The van der Waals surface area contributed by atoms with Gasteiger partial charge in [0.2, 0.25) is 0 Å². The van der Waals surface area contributed by atoms with Crippen molar-refractivity contribution in [1.82, 2.24) is 19.4 Å². The molecule has 0 spiro atoms. The average Bonchev–Trinajstić information content (AvgIpc) is 3.03. The molecule has 1 aliphatic rings. The summed E-state index contributed by atoms with van der Waals surface area (Å²) in [5, 5.41) is 9.73. The van der Waals surface area contributed by atoms with Gasteiger partial charge in [-0.15, -0.1) is 0 Å². The molecule has 5 heteroatoms. The molecule has 3 rings (SSSR count). The van der Waals surface area contributed by atoms with Crippen molar-refractivity contribution in [3.63, 3.8) is 0 Å². The SMILES string of the molecule is CCc1ccc(-c2nccn2CCCN2CCCC(O)C2)nc1. The maximum atomic E-state index is 9.73. The third-order valence-corrected chi connectivity index (χ3v) is 4.53. The van der Waals surface area contributed by atoms with E-state index in [1.807, 2.05) is 18.6 Å². The van der Waals surface area contributed by atoms with Gasteiger partial charge in [-0.2, -0.15) is 0 Å². The lowest BCUT2D eigenvalue weighted by Crippen LogP contribution is -2.38. The highest BCUT2D eigenvalue weighted by molar-refractivity contribution is 5.49. The Morgan fingerprint density at radius 2 is 2.17 bits per heavy atom. The molecule has 0 radical (unpaired) electrons. The fourth-order valence-electron chi connectivity index (χ4n) is 3.19. The standard InChI is InChI=1S/C18H26N4O/c1-2-15-6-7-17(20-13-15)18-19-8-12-22(18)11-4-10-21-9-3-5-16(23)14-21/h6-8,12-13,16,23H,2-5,9-11,14H2,1H3. The zero-order valence-electron chi connectivity index (χ0n) is 13.9. The molecule has 1 N–H and O–H groups in total. The molecule has 1 saturated heterocycles. The van der Waals surface area contributed by atoms with Crippen LogP contribution < -0.4 is 0 Å². The molecule has 0 amide bonds. The van der Waals surface area contributed by atoms with E-state index < -0.39 is 0 Å². The number of imidazole rings is 1. The lowest BCUT2D eigenvalue weighted by Gasteiger charge is -2.29. The molecule has 2 aromatic rings. The van der Waals surface area contributed by atoms with E-state index in [4.69, 9.17) is 0 Å². The Bertz CT molecular complexity index is 608. The van der Waals surface area contributed by atoms with E-state index in [1.54, 1.807) is 0 Å². The summed E-state index contributed by atoms with van der Waals surface area (Å²) >= 11 is 0. The highest BCUT2D eigenvalue weighted by Gasteiger charge is 2.17. The smallest absolute Gasteiger partial charge is 0.158 e. The number of hydrogen-bond acceptors (Lipinski definition) is 4. The van der Waals surface area contributed by atoms with E-state index in [0.29, 0.717) is 0 Å². The average molecular weight is 314 g/mol. The van der Waals surface area contributed by atoms with Crippen LogP contribution in [0.4, 0.5) is 0 Å². The maximum absolute atomic E-state index is 9.73. The molecular formula is C18H26N4O. The van der Waals surface area contributed by atoms with Crippen molar-refractivity contribution in [3.8, 4) is 11.5 Å². The Hall–Kier alpha value is -1.72. The molecule has 23 heavy (non-hydrogen) atoms. The lowest BCUT2D eigenvalue weighted by molar-refractivity contribution is 0.0695. The molecule has 2 aromatic heterocycles. The third-order valence-electron chi connectivity index (χ3n) is 4.53. The molecule has 1 aliphatic heterocycles. The Balaban J connectivity index is 1.57. The summed E-state index contributed by atoms with van der Waals surface area (Å²) in [4.78, 5) is 11.4. The molecule has 5 nitrogen and oxygen atoms in total. The van der Waals surface area contributed by atoms with Crippen LogP contribution in [0.2, 0.25) is 0 Å². The van der Waals surface area contributed by atoms with E-state index in [2.05, 4.69) is 38.5 Å². The number of aliphatic hydroxyl groups is 1. The molecule has 0 aliphatic carbocycles. The third kappa shape index (κ3) is 4.18. The first kappa shape index (κ1) is 16.1. The first-order chi connectivity index (χ1) is 11.3. The summed E-state index contributed by atoms with van der Waals surface area (Å²) in [6.07, 6.45) is 9.77. The second kappa shape index (κ2) is 7.70. The topological polar surface area (TPSA) is 54.2 Å². The highest BCUT2D eigenvalue weighted by atomic mass is 16.3. The van der Waals surface area contributed by atoms with Crippen molar-refractivity contribution in [2.75, 3.05) is 19.6 Å². The number of hydrogen-bond donors (Lipinski definition) is 1. The van der Waals surface area contributed by atoms with Gasteiger partial charge in [0.15, 0.2) is 5.82 Å². The van der Waals surface area contributed by atoms with Crippen LogP contribution in [0.3, 0.4) is 0 Å². The largest absolute Gasteiger partial charge is 0.392 e. The van der Waals surface area contributed by atoms with Crippen molar-refractivity contribution < 1.29 is 5.11 Å². The zero-order valence-corrected chi connectivity index (χ0v) is 13.9. The molecule has 124 valence electrons. The van der Waals surface area contributed by atoms with E-state index in [-0.39, 0.29) is 6.10 Å². The Labute approximate surface area is 138 Å².